The van der Waals surface area contributed by atoms with Gasteiger partial charge in [0.1, 0.15) is 12.1 Å². The number of carbonyl (C=O) groups is 2. The van der Waals surface area contributed by atoms with E-state index in [1.165, 1.54) is 0 Å². The van der Waals surface area contributed by atoms with Gasteiger partial charge in [-0.1, -0.05) is 12.2 Å². The number of allylic oxidation sites excluding steroid dienone is 1. The lowest BCUT2D eigenvalue weighted by atomic mass is 10.0. The van der Waals surface area contributed by atoms with Crippen molar-refractivity contribution < 1.29 is 37.0 Å². The molecule has 0 N–H and O–H groups in total. The van der Waals surface area contributed by atoms with E-state index >= 15 is 0 Å². The van der Waals surface area contributed by atoms with Crippen LogP contribution in [0.3, 0.4) is 0 Å². The molecule has 1 saturated carbocycles. The highest BCUT2D eigenvalue weighted by molar-refractivity contribution is 5.88. The van der Waals surface area contributed by atoms with Crippen molar-refractivity contribution in [1.82, 2.24) is 0 Å². The van der Waals surface area contributed by atoms with Crippen LogP contribution in [0.4, 0.5) is 17.6 Å². The molecule has 106 valence electrons. The monoisotopic (exact) mass is 281 g/mol. The Morgan fingerprint density at radius 3 is 2.16 bits per heavy atom. The zero-order valence-electron chi connectivity index (χ0n) is 9.45. The maximum Gasteiger partial charge on any atom is 0.410 e. The number of carboxylic acid groups (broad SMARTS) is 1. The highest BCUT2D eigenvalue weighted by atomic mass is 19.3. The Hall–Kier alpha value is -1.60. The molecule has 0 amide bonds. The Morgan fingerprint density at radius 2 is 1.74 bits per heavy atom. The fraction of sp³-hybridized carbons (Fsp3) is 0.636. The second-order valence-corrected chi connectivity index (χ2v) is 4.66. The summed E-state index contributed by atoms with van der Waals surface area (Å²) in [5, 5.41) is 9.98. The zero-order valence-corrected chi connectivity index (χ0v) is 9.45. The molecule has 3 atom stereocenters. The average Bonchev–Trinajstić information content (AvgIpc) is 2.90. The summed E-state index contributed by atoms with van der Waals surface area (Å²) >= 11 is 0. The molecule has 0 aromatic carbocycles. The molecule has 8 heteroatoms. The summed E-state index contributed by atoms with van der Waals surface area (Å²) in [6, 6.07) is 0. The van der Waals surface area contributed by atoms with Crippen LogP contribution < -0.4 is 5.11 Å². The molecule has 1 fully saturated rings. The number of ether oxygens (including phenoxy) is 1. The lowest BCUT2D eigenvalue weighted by molar-refractivity contribution is -0.346. The number of esters is 1. The molecule has 2 bridgehead atoms. The summed E-state index contributed by atoms with van der Waals surface area (Å²) in [7, 11) is 0. The molecular weight excluding hydrogens is 272 g/mol. The molecular formula is C11H9F4O4-. The van der Waals surface area contributed by atoms with Crippen LogP contribution in [0.5, 0.6) is 0 Å². The predicted octanol–water partition coefficient (Wildman–Crippen LogP) is 0.515. The summed E-state index contributed by atoms with van der Waals surface area (Å²) in [6.45, 7) is 0. The van der Waals surface area contributed by atoms with Crippen LogP contribution in [0.25, 0.3) is 0 Å². The maximum absolute atomic E-state index is 13.1. The quantitative estimate of drug-likeness (QED) is 0.428. The lowest BCUT2D eigenvalue weighted by Gasteiger charge is -2.27. The molecule has 2 aliphatic rings. The van der Waals surface area contributed by atoms with Crippen LogP contribution in [0.1, 0.15) is 12.8 Å². The Kier molecular flexibility index (Phi) is 3.06. The van der Waals surface area contributed by atoms with Crippen molar-refractivity contribution in [2.75, 3.05) is 0 Å². The smallest absolute Gasteiger partial charge is 0.410 e. The third-order valence-corrected chi connectivity index (χ3v) is 3.38. The van der Waals surface area contributed by atoms with E-state index in [0.29, 0.717) is 6.42 Å². The first-order valence-electron chi connectivity index (χ1n) is 5.52. The third-order valence-electron chi connectivity index (χ3n) is 3.38. The number of carbonyl (C=O) groups excluding carboxylic acids is 2. The van der Waals surface area contributed by atoms with E-state index in [-0.39, 0.29) is 18.3 Å². The van der Waals surface area contributed by atoms with Gasteiger partial charge in [0, 0.05) is 5.92 Å². The van der Waals surface area contributed by atoms with E-state index < -0.39 is 29.9 Å². The van der Waals surface area contributed by atoms with Gasteiger partial charge in [0.25, 0.3) is 0 Å². The molecule has 19 heavy (non-hydrogen) atoms. The first kappa shape index (κ1) is 13.8. The summed E-state index contributed by atoms with van der Waals surface area (Å²) in [5.74, 6) is -17.1. The van der Waals surface area contributed by atoms with Gasteiger partial charge in [0.15, 0.2) is 0 Å². The van der Waals surface area contributed by atoms with Crippen LogP contribution in [-0.2, 0) is 14.3 Å². The number of halogens is 4. The SMILES string of the molecule is O=C([O-])C(F)(F)C(F)(F)C(=O)OC1CC2C=CC1C2. The molecule has 0 aromatic heterocycles. The summed E-state index contributed by atoms with van der Waals surface area (Å²) in [4.78, 5) is 21.1. The second kappa shape index (κ2) is 4.21. The van der Waals surface area contributed by atoms with E-state index in [9.17, 15) is 32.3 Å². The standard InChI is InChI=1S/C11H10F4O4/c12-10(13,8(16)17)11(14,15)9(18)19-7-4-5-1-2-6(7)3-5/h1-2,5-7H,3-4H2,(H,16,17)/p-1. The molecule has 0 saturated heterocycles. The highest BCUT2D eigenvalue weighted by Crippen LogP contribution is 2.42. The van der Waals surface area contributed by atoms with Gasteiger partial charge in [0.2, 0.25) is 0 Å². The largest absolute Gasteiger partial charge is 0.544 e. The fourth-order valence-corrected chi connectivity index (χ4v) is 2.33. The topological polar surface area (TPSA) is 66.4 Å². The molecule has 0 heterocycles. The molecule has 2 aliphatic carbocycles. The van der Waals surface area contributed by atoms with Crippen LogP contribution in [0, 0.1) is 11.8 Å². The van der Waals surface area contributed by atoms with Gasteiger partial charge in [-0.15, -0.1) is 0 Å². The molecule has 3 unspecified atom stereocenters. The molecule has 0 spiro atoms. The van der Waals surface area contributed by atoms with E-state index in [1.54, 1.807) is 6.08 Å². The van der Waals surface area contributed by atoms with Crippen molar-refractivity contribution >= 4 is 11.9 Å². The third kappa shape index (κ3) is 2.08. The van der Waals surface area contributed by atoms with Crippen molar-refractivity contribution in [3.8, 4) is 0 Å². The molecule has 2 rings (SSSR count). The Labute approximate surface area is 105 Å². The van der Waals surface area contributed by atoms with Crippen molar-refractivity contribution in [1.29, 1.82) is 0 Å². The number of fused-ring (bicyclic) bond motifs is 2. The van der Waals surface area contributed by atoms with Gasteiger partial charge in [0.05, 0.1) is 0 Å². The number of alkyl halides is 4. The van der Waals surface area contributed by atoms with Crippen molar-refractivity contribution in [3.05, 3.63) is 12.2 Å². The predicted molar refractivity (Wildman–Crippen MR) is 50.1 cm³/mol. The normalized spacial score (nSPS) is 29.6. The first-order chi connectivity index (χ1) is 8.66. The van der Waals surface area contributed by atoms with Gasteiger partial charge in [-0.05, 0) is 18.8 Å². The molecule has 0 aliphatic heterocycles. The van der Waals surface area contributed by atoms with E-state index in [0.717, 1.165) is 0 Å². The number of carboxylic acids is 1. The molecule has 0 radical (unpaired) electrons. The van der Waals surface area contributed by atoms with Gasteiger partial charge in [-0.25, -0.2) is 4.79 Å². The van der Waals surface area contributed by atoms with Gasteiger partial charge >= 0.3 is 17.8 Å². The van der Waals surface area contributed by atoms with Crippen molar-refractivity contribution in [3.63, 3.8) is 0 Å². The number of aliphatic carboxylic acids is 1. The number of rotatable bonds is 4. The van der Waals surface area contributed by atoms with Crippen LogP contribution in [0.15, 0.2) is 12.2 Å². The Morgan fingerprint density at radius 1 is 1.11 bits per heavy atom. The lowest BCUT2D eigenvalue weighted by Crippen LogP contribution is -2.58. The summed E-state index contributed by atoms with van der Waals surface area (Å²) in [6.07, 6.45) is 3.48. The summed E-state index contributed by atoms with van der Waals surface area (Å²) in [5.41, 5.74) is 0. The van der Waals surface area contributed by atoms with E-state index in [2.05, 4.69) is 4.74 Å². The number of hydrogen-bond acceptors (Lipinski definition) is 4. The minimum atomic E-state index is -5.60. The van der Waals surface area contributed by atoms with Gasteiger partial charge < -0.3 is 14.6 Å². The van der Waals surface area contributed by atoms with Crippen LogP contribution in [-0.4, -0.2) is 29.9 Å². The highest BCUT2D eigenvalue weighted by Gasteiger charge is 2.65. The maximum atomic E-state index is 13.1. The van der Waals surface area contributed by atoms with Gasteiger partial charge in [-0.2, -0.15) is 17.6 Å². The van der Waals surface area contributed by atoms with Crippen molar-refractivity contribution in [2.24, 2.45) is 11.8 Å². The minimum absolute atomic E-state index is 0.0815. The fourth-order valence-electron chi connectivity index (χ4n) is 2.33. The average molecular weight is 281 g/mol. The Balaban J connectivity index is 2.07. The van der Waals surface area contributed by atoms with Crippen molar-refractivity contribution in [2.45, 2.75) is 30.8 Å². The Bertz CT molecular complexity index is 446. The first-order valence-corrected chi connectivity index (χ1v) is 5.52. The van der Waals surface area contributed by atoms with E-state index in [4.69, 9.17) is 0 Å². The number of hydrogen-bond donors (Lipinski definition) is 0. The van der Waals surface area contributed by atoms with Gasteiger partial charge in [-0.3, -0.25) is 0 Å². The zero-order chi connectivity index (χ0) is 14.4. The van der Waals surface area contributed by atoms with E-state index in [1.807, 2.05) is 6.08 Å². The second-order valence-electron chi connectivity index (χ2n) is 4.66. The van der Waals surface area contributed by atoms with Crippen LogP contribution in [0.2, 0.25) is 0 Å². The summed E-state index contributed by atoms with van der Waals surface area (Å²) < 4.78 is 55.9. The molecule has 4 nitrogen and oxygen atoms in total. The van der Waals surface area contributed by atoms with Crippen LogP contribution >= 0.6 is 0 Å². The molecule has 0 aromatic rings. The minimum Gasteiger partial charge on any atom is -0.544 e.